The van der Waals surface area contributed by atoms with Crippen LogP contribution in [0.25, 0.3) is 5.65 Å². The van der Waals surface area contributed by atoms with E-state index in [9.17, 15) is 9.90 Å². The number of benzene rings is 1. The highest BCUT2D eigenvalue weighted by atomic mass is 28.4. The number of anilines is 1. The summed E-state index contributed by atoms with van der Waals surface area (Å²) in [4.78, 5) is 21.4. The highest BCUT2D eigenvalue weighted by Crippen LogP contribution is 2.43. The summed E-state index contributed by atoms with van der Waals surface area (Å²) in [7, 11) is -2.21. The van der Waals surface area contributed by atoms with E-state index in [1.807, 2.05) is 13.0 Å². The molecule has 1 saturated heterocycles. The molecular formula is C24H33N5O4Si. The Bertz CT molecular complexity index is 1160. The maximum atomic E-state index is 12.7. The van der Waals surface area contributed by atoms with E-state index in [0.29, 0.717) is 29.1 Å². The molecule has 1 aliphatic rings. The Balaban J connectivity index is 1.68. The number of hydrogen-bond donors (Lipinski definition) is 2. The molecule has 1 unspecified atom stereocenters. The minimum Gasteiger partial charge on any atom is -0.408 e. The van der Waals surface area contributed by atoms with Gasteiger partial charge in [-0.05, 0) is 36.7 Å². The first-order valence-electron chi connectivity index (χ1n) is 11.6. The van der Waals surface area contributed by atoms with Crippen LogP contribution in [0.1, 0.15) is 56.3 Å². The van der Waals surface area contributed by atoms with E-state index >= 15 is 0 Å². The molecule has 9 nitrogen and oxygen atoms in total. The van der Waals surface area contributed by atoms with Gasteiger partial charge in [-0.15, -0.1) is 0 Å². The summed E-state index contributed by atoms with van der Waals surface area (Å²) in [6.07, 6.45) is 1.43. The van der Waals surface area contributed by atoms with E-state index in [0.717, 1.165) is 0 Å². The molecule has 0 aliphatic carbocycles. The van der Waals surface area contributed by atoms with Gasteiger partial charge in [-0.25, -0.2) is 14.5 Å². The van der Waals surface area contributed by atoms with Gasteiger partial charge in [-0.2, -0.15) is 5.10 Å². The average molecular weight is 484 g/mol. The topological polar surface area (TPSA) is 111 Å². The molecule has 4 rings (SSSR count). The summed E-state index contributed by atoms with van der Waals surface area (Å²) in [6, 6.07) is 8.90. The van der Waals surface area contributed by atoms with Crippen molar-refractivity contribution >= 4 is 25.7 Å². The second-order valence-corrected chi connectivity index (χ2v) is 14.9. The fraction of sp³-hybridized carbons (Fsp3) is 0.500. The van der Waals surface area contributed by atoms with Gasteiger partial charge in [0.25, 0.3) is 5.91 Å². The van der Waals surface area contributed by atoms with Gasteiger partial charge < -0.3 is 19.6 Å². The Morgan fingerprint density at radius 3 is 2.59 bits per heavy atom. The zero-order valence-electron chi connectivity index (χ0n) is 20.5. The number of hydrogen-bond acceptors (Lipinski definition) is 7. The lowest BCUT2D eigenvalue weighted by Crippen LogP contribution is -2.48. The van der Waals surface area contributed by atoms with Gasteiger partial charge in [-0.3, -0.25) is 4.79 Å². The molecular weight excluding hydrogens is 450 g/mol. The van der Waals surface area contributed by atoms with Gasteiger partial charge in [0.15, 0.2) is 19.8 Å². The van der Waals surface area contributed by atoms with E-state index in [-0.39, 0.29) is 17.0 Å². The molecule has 1 aliphatic heterocycles. The van der Waals surface area contributed by atoms with Crippen molar-refractivity contribution in [3.8, 4) is 0 Å². The molecule has 3 heterocycles. The number of aliphatic hydroxyl groups is 1. The van der Waals surface area contributed by atoms with E-state index in [1.54, 1.807) is 35.0 Å². The van der Waals surface area contributed by atoms with Crippen LogP contribution in [0.15, 0.2) is 42.9 Å². The minimum atomic E-state index is -2.21. The Labute approximate surface area is 200 Å². The Morgan fingerprint density at radius 2 is 1.94 bits per heavy atom. The minimum absolute atomic E-state index is 0.0297. The summed E-state index contributed by atoms with van der Waals surface area (Å²) >= 11 is 0. The summed E-state index contributed by atoms with van der Waals surface area (Å²) in [6.45, 7) is 12.8. The number of rotatable bonds is 6. The smallest absolute Gasteiger partial charge is 0.256 e. The number of amides is 1. The average Bonchev–Trinajstić information content (AvgIpc) is 3.35. The number of aliphatic hydroxyl groups excluding tert-OH is 1. The SMILES string of the molecule is CC[C@H]1O[C@@H](c2cnc3c(NC(=O)c4ccccc4)ncnn23)C(O[Si](C)(C)C(C)(C)C)[C@H]1O. The molecule has 0 saturated carbocycles. The Hall–Kier alpha value is -2.66. The fourth-order valence-corrected chi connectivity index (χ4v) is 5.14. The molecule has 4 atom stereocenters. The molecule has 10 heteroatoms. The van der Waals surface area contributed by atoms with E-state index in [2.05, 4.69) is 54.2 Å². The van der Waals surface area contributed by atoms with Crippen molar-refractivity contribution in [2.45, 2.75) is 76.7 Å². The van der Waals surface area contributed by atoms with Crippen molar-refractivity contribution in [1.29, 1.82) is 0 Å². The van der Waals surface area contributed by atoms with Crippen LogP contribution < -0.4 is 5.32 Å². The number of aromatic nitrogens is 4. The highest BCUT2D eigenvalue weighted by Gasteiger charge is 2.50. The van der Waals surface area contributed by atoms with Crippen molar-refractivity contribution < 1.29 is 19.1 Å². The zero-order chi connectivity index (χ0) is 24.7. The molecule has 1 aromatic carbocycles. The van der Waals surface area contributed by atoms with Gasteiger partial charge in [0.1, 0.15) is 24.6 Å². The number of nitrogens with one attached hydrogen (secondary N) is 1. The van der Waals surface area contributed by atoms with Gasteiger partial charge in [0.05, 0.1) is 18.0 Å². The zero-order valence-corrected chi connectivity index (χ0v) is 21.5. The first-order valence-corrected chi connectivity index (χ1v) is 14.5. The van der Waals surface area contributed by atoms with Gasteiger partial charge in [0.2, 0.25) is 0 Å². The van der Waals surface area contributed by atoms with Crippen molar-refractivity contribution in [1.82, 2.24) is 19.6 Å². The second kappa shape index (κ2) is 9.18. The molecule has 3 aromatic rings. The Morgan fingerprint density at radius 1 is 1.24 bits per heavy atom. The number of nitrogens with zero attached hydrogens (tertiary/aromatic N) is 4. The second-order valence-electron chi connectivity index (χ2n) is 10.2. The molecule has 1 fully saturated rings. The van der Waals surface area contributed by atoms with Crippen LogP contribution in [0.4, 0.5) is 5.82 Å². The number of carbonyl (C=O) groups is 1. The Kier molecular flexibility index (Phi) is 6.60. The molecule has 0 radical (unpaired) electrons. The van der Waals surface area contributed by atoms with Gasteiger partial charge >= 0.3 is 0 Å². The third-order valence-electron chi connectivity index (χ3n) is 6.87. The number of ether oxygens (including phenoxy) is 1. The van der Waals surface area contributed by atoms with Crippen molar-refractivity contribution in [3.05, 3.63) is 54.1 Å². The number of fused-ring (bicyclic) bond motifs is 1. The van der Waals surface area contributed by atoms with Crippen LogP contribution in [-0.4, -0.2) is 57.2 Å². The molecule has 0 bridgehead atoms. The van der Waals surface area contributed by atoms with Crippen LogP contribution in [0, 0.1) is 0 Å². The predicted molar refractivity (Wildman–Crippen MR) is 131 cm³/mol. The predicted octanol–water partition coefficient (Wildman–Crippen LogP) is 3.98. The quantitative estimate of drug-likeness (QED) is 0.510. The van der Waals surface area contributed by atoms with Crippen LogP contribution in [0.5, 0.6) is 0 Å². The molecule has 1 amide bonds. The molecule has 2 N–H and O–H groups in total. The van der Waals surface area contributed by atoms with E-state index in [1.165, 1.54) is 6.33 Å². The van der Waals surface area contributed by atoms with Crippen LogP contribution in [-0.2, 0) is 9.16 Å². The lowest BCUT2D eigenvalue weighted by Gasteiger charge is -2.40. The normalized spacial score (nSPS) is 23.4. The molecule has 182 valence electrons. The summed E-state index contributed by atoms with van der Waals surface area (Å²) in [5.74, 6) is 0.00558. The molecule has 34 heavy (non-hydrogen) atoms. The maximum absolute atomic E-state index is 12.7. The summed E-state index contributed by atoms with van der Waals surface area (Å²) in [5.41, 5.74) is 1.55. The molecule has 0 spiro atoms. The van der Waals surface area contributed by atoms with E-state index in [4.69, 9.17) is 9.16 Å². The first-order chi connectivity index (χ1) is 16.0. The summed E-state index contributed by atoms with van der Waals surface area (Å²) < 4.78 is 14.5. The highest BCUT2D eigenvalue weighted by molar-refractivity contribution is 6.74. The number of imidazole rings is 1. The molecule has 2 aromatic heterocycles. The monoisotopic (exact) mass is 483 g/mol. The largest absolute Gasteiger partial charge is 0.408 e. The van der Waals surface area contributed by atoms with Gasteiger partial charge in [-0.1, -0.05) is 45.9 Å². The van der Waals surface area contributed by atoms with Crippen molar-refractivity contribution in [3.63, 3.8) is 0 Å². The first kappa shape index (κ1) is 24.5. The van der Waals surface area contributed by atoms with Gasteiger partial charge in [0, 0.05) is 5.56 Å². The maximum Gasteiger partial charge on any atom is 0.256 e. The van der Waals surface area contributed by atoms with Crippen molar-refractivity contribution in [2.24, 2.45) is 0 Å². The lowest BCUT2D eigenvalue weighted by molar-refractivity contribution is 0.00363. The standard InChI is InChI=1S/C24H33N5O4Si/c1-7-17-18(30)20(33-34(5,6)24(2,3)4)19(32-17)16-13-25-22-21(26-14-27-29(16)22)28-23(31)15-11-9-8-10-12-15/h8-14,17-20,30H,7H2,1-6H3,(H,26,27,28,31)/t17-,18+,19+,20?/m1/s1. The van der Waals surface area contributed by atoms with Crippen molar-refractivity contribution in [2.75, 3.05) is 5.32 Å². The summed E-state index contributed by atoms with van der Waals surface area (Å²) in [5, 5.41) is 18.2. The van der Waals surface area contributed by atoms with Crippen LogP contribution in [0.2, 0.25) is 18.1 Å². The number of carbonyl (C=O) groups excluding carboxylic acids is 1. The third kappa shape index (κ3) is 4.50. The van der Waals surface area contributed by atoms with E-state index < -0.39 is 26.6 Å². The lowest BCUT2D eigenvalue weighted by atomic mass is 10.1. The fourth-order valence-electron chi connectivity index (χ4n) is 3.85. The van der Waals surface area contributed by atoms with Crippen LogP contribution >= 0.6 is 0 Å². The third-order valence-corrected chi connectivity index (χ3v) is 11.3. The van der Waals surface area contributed by atoms with Crippen LogP contribution in [0.3, 0.4) is 0 Å².